The molecule has 60 heavy (non-hydrogen) atoms. The predicted molar refractivity (Wildman–Crippen MR) is 237 cm³/mol. The third-order valence-corrected chi connectivity index (χ3v) is 11.7. The van der Waals surface area contributed by atoms with Crippen LogP contribution in [-0.2, 0) is 45.8 Å². The van der Waals surface area contributed by atoms with Crippen molar-refractivity contribution < 1.29 is 35.1 Å². The van der Waals surface area contributed by atoms with Crippen LogP contribution >= 0.6 is 22.7 Å². The first-order valence-corrected chi connectivity index (χ1v) is 24.0. The second-order valence-corrected chi connectivity index (χ2v) is 17.8. The zero-order valence-electron chi connectivity index (χ0n) is 34.0. The second kappa shape index (κ2) is 24.1. The standard InChI is InChI=1S/C28H36N8S2.2C7H8O3S/c1-5-35(25-13-9-23(10-14-25)29-31-27-33(3)19-21-37-27)17-7-8-18-36(6-2)26-15-11-24(12-16-26)30-32-28-34(4)20-22-38-28;2*8-11(9,10)6-7-4-2-1-3-5-7/h9-16,19-22H,5-8,17-18H2,1-4H3;2*1-5H,6H2,(H,8,9,10)/q+2;;/p-2. The molecule has 0 amide bonds. The van der Waals surface area contributed by atoms with Gasteiger partial charge in [-0.2, -0.15) is 0 Å². The summed E-state index contributed by atoms with van der Waals surface area (Å²) in [6.07, 6.45) is 6.23. The molecule has 0 fully saturated rings. The molecule has 18 heteroatoms. The number of azo groups is 2. The average molecular weight is 891 g/mol. The number of thiazole rings is 2. The third kappa shape index (κ3) is 17.5. The molecule has 0 spiro atoms. The molecule has 0 saturated carbocycles. The molecule has 2 aromatic heterocycles. The fourth-order valence-electron chi connectivity index (χ4n) is 5.61. The van der Waals surface area contributed by atoms with E-state index in [2.05, 4.69) is 68.4 Å². The maximum Gasteiger partial charge on any atom is 0.408 e. The molecule has 0 aliphatic heterocycles. The zero-order chi connectivity index (χ0) is 43.4. The lowest BCUT2D eigenvalue weighted by molar-refractivity contribution is -0.654. The minimum Gasteiger partial charge on any atom is -0.748 e. The number of benzene rings is 4. The summed E-state index contributed by atoms with van der Waals surface area (Å²) in [6, 6.07) is 33.5. The number of hydrogen-bond donors (Lipinski definition) is 0. The molecule has 0 unspecified atom stereocenters. The van der Waals surface area contributed by atoms with Crippen molar-refractivity contribution in [2.24, 2.45) is 34.6 Å². The van der Waals surface area contributed by atoms with E-state index < -0.39 is 31.7 Å². The van der Waals surface area contributed by atoms with Gasteiger partial charge in [0.1, 0.15) is 23.8 Å². The van der Waals surface area contributed by atoms with Gasteiger partial charge in [-0.1, -0.05) is 60.7 Å². The summed E-state index contributed by atoms with van der Waals surface area (Å²) in [4.78, 5) is 4.84. The lowest BCUT2D eigenvalue weighted by Gasteiger charge is -2.26. The van der Waals surface area contributed by atoms with Gasteiger partial charge in [0.05, 0.1) is 56.1 Å². The number of aryl methyl sites for hydroxylation is 2. The summed E-state index contributed by atoms with van der Waals surface area (Å²) in [7, 11) is -4.30. The quantitative estimate of drug-likeness (QED) is 0.0377. The van der Waals surface area contributed by atoms with Gasteiger partial charge in [0.15, 0.2) is 0 Å². The molecule has 0 radical (unpaired) electrons. The molecule has 4 aromatic carbocycles. The molecule has 14 nitrogen and oxygen atoms in total. The molecular weight excluding hydrogens is 841 g/mol. The van der Waals surface area contributed by atoms with Crippen LogP contribution in [0.1, 0.15) is 37.8 Å². The van der Waals surface area contributed by atoms with Gasteiger partial charge in [0.2, 0.25) is 0 Å². The van der Waals surface area contributed by atoms with Gasteiger partial charge in [-0.15, -0.1) is 0 Å². The lowest BCUT2D eigenvalue weighted by Crippen LogP contribution is -2.27. The predicted octanol–water partition coefficient (Wildman–Crippen LogP) is 8.89. The van der Waals surface area contributed by atoms with Crippen molar-refractivity contribution in [2.75, 3.05) is 36.0 Å². The van der Waals surface area contributed by atoms with Gasteiger partial charge in [-0.3, -0.25) is 0 Å². The Kier molecular flexibility index (Phi) is 19.1. The number of rotatable bonds is 17. The first-order valence-electron chi connectivity index (χ1n) is 19.1. The van der Waals surface area contributed by atoms with Crippen molar-refractivity contribution in [1.29, 1.82) is 0 Å². The first kappa shape index (κ1) is 47.4. The minimum absolute atomic E-state index is 0.423. The summed E-state index contributed by atoms with van der Waals surface area (Å²) < 4.78 is 65.4. The summed E-state index contributed by atoms with van der Waals surface area (Å²) >= 11 is 3.16. The summed E-state index contributed by atoms with van der Waals surface area (Å²) in [5.41, 5.74) is 5.24. The van der Waals surface area contributed by atoms with Crippen molar-refractivity contribution >= 4 is 75.9 Å². The van der Waals surface area contributed by atoms with E-state index in [1.165, 1.54) is 11.4 Å². The van der Waals surface area contributed by atoms with Crippen LogP contribution in [-0.4, -0.2) is 52.1 Å². The Morgan fingerprint density at radius 1 is 0.533 bits per heavy atom. The Morgan fingerprint density at radius 2 is 0.883 bits per heavy atom. The molecule has 0 aliphatic rings. The highest BCUT2D eigenvalue weighted by atomic mass is 32.2. The number of unbranched alkanes of at least 4 members (excludes halogenated alkanes) is 1. The number of hydrogen-bond acceptors (Lipinski definition) is 14. The normalized spacial score (nSPS) is 11.5. The number of nitrogens with zero attached hydrogens (tertiary/aromatic N) is 8. The summed E-state index contributed by atoms with van der Waals surface area (Å²) in [6.45, 7) is 8.42. The van der Waals surface area contributed by atoms with Crippen LogP contribution < -0.4 is 18.9 Å². The van der Waals surface area contributed by atoms with Crippen molar-refractivity contribution in [3.8, 4) is 0 Å². The Hall–Kier alpha value is -5.24. The van der Waals surface area contributed by atoms with Gasteiger partial charge in [-0.05, 0) is 119 Å². The van der Waals surface area contributed by atoms with Gasteiger partial charge < -0.3 is 18.9 Å². The largest absolute Gasteiger partial charge is 0.748 e. The van der Waals surface area contributed by atoms with Crippen LogP contribution in [0.3, 0.4) is 0 Å². The summed E-state index contributed by atoms with van der Waals surface area (Å²) in [5.74, 6) is -0.846. The third-order valence-electron chi connectivity index (χ3n) is 8.69. The van der Waals surface area contributed by atoms with E-state index >= 15 is 0 Å². The van der Waals surface area contributed by atoms with E-state index in [4.69, 9.17) is 0 Å². The molecule has 0 N–H and O–H groups in total. The smallest absolute Gasteiger partial charge is 0.408 e. The molecule has 0 bridgehead atoms. The first-order chi connectivity index (χ1) is 28.7. The van der Waals surface area contributed by atoms with Crippen molar-refractivity contribution in [3.05, 3.63) is 143 Å². The Morgan fingerprint density at radius 3 is 1.17 bits per heavy atom. The Labute approximate surface area is 361 Å². The molecule has 0 saturated heterocycles. The minimum atomic E-state index is -4.13. The number of aromatic nitrogens is 2. The second-order valence-electron chi connectivity index (χ2n) is 13.3. The molecule has 0 atom stereocenters. The van der Waals surface area contributed by atoms with E-state index in [1.54, 1.807) is 83.3 Å². The highest BCUT2D eigenvalue weighted by Crippen LogP contribution is 2.25. The van der Waals surface area contributed by atoms with Crippen molar-refractivity contribution in [2.45, 2.75) is 38.2 Å². The molecule has 0 aliphatic carbocycles. The van der Waals surface area contributed by atoms with E-state index in [1.807, 2.05) is 70.6 Å². The molecule has 2 heterocycles. The highest BCUT2D eigenvalue weighted by Gasteiger charge is 2.11. The number of anilines is 2. The van der Waals surface area contributed by atoms with E-state index in [0.29, 0.717) is 11.1 Å². The fraction of sp³-hybridized carbons (Fsp3) is 0.286. The zero-order valence-corrected chi connectivity index (χ0v) is 37.3. The Bertz CT molecular complexity index is 2270. The van der Waals surface area contributed by atoms with Crippen LogP contribution in [0.5, 0.6) is 0 Å². The fourth-order valence-corrected chi connectivity index (χ4v) is 8.17. The van der Waals surface area contributed by atoms with E-state index in [-0.39, 0.29) is 0 Å². The monoisotopic (exact) mass is 890 g/mol. The van der Waals surface area contributed by atoms with Crippen molar-refractivity contribution in [1.82, 2.24) is 0 Å². The van der Waals surface area contributed by atoms with Crippen molar-refractivity contribution in [3.63, 3.8) is 0 Å². The summed E-state index contributed by atoms with van der Waals surface area (Å²) in [5, 5.41) is 23.2. The lowest BCUT2D eigenvalue weighted by atomic mass is 10.2. The van der Waals surface area contributed by atoms with Gasteiger partial charge in [-0.25, -0.2) is 26.0 Å². The molecule has 318 valence electrons. The average Bonchev–Trinajstić information content (AvgIpc) is 3.84. The Balaban J connectivity index is 0.000000291. The molecule has 6 rings (SSSR count). The van der Waals surface area contributed by atoms with E-state index in [0.717, 1.165) is 60.7 Å². The topological polar surface area (TPSA) is 178 Å². The van der Waals surface area contributed by atoms with E-state index in [9.17, 15) is 25.9 Å². The van der Waals surface area contributed by atoms with Crippen LogP contribution in [0.4, 0.5) is 33.0 Å². The van der Waals surface area contributed by atoms with Gasteiger partial charge >= 0.3 is 10.3 Å². The van der Waals surface area contributed by atoms with Gasteiger partial charge in [0, 0.05) is 48.3 Å². The van der Waals surface area contributed by atoms with Crippen LogP contribution in [0, 0.1) is 0 Å². The van der Waals surface area contributed by atoms with Crippen LogP contribution in [0.25, 0.3) is 0 Å². The van der Waals surface area contributed by atoms with Gasteiger partial charge in [0.25, 0.3) is 0 Å². The molecule has 6 aromatic rings. The maximum atomic E-state index is 10.2. The maximum absolute atomic E-state index is 10.2. The SMILES string of the molecule is CCN(CCCCN(CC)c1ccc(N=Nc2scc[n+]2C)cc1)c1ccc(N=Nc2scc[n+]2C)cc1.O=S(=O)([O-])Cc1ccccc1.O=S(=O)([O-])Cc1ccccc1. The van der Waals surface area contributed by atoms with Crippen LogP contribution in [0.2, 0.25) is 0 Å². The molecular formula is C42H50N8O6S4. The highest BCUT2D eigenvalue weighted by molar-refractivity contribution is 7.85. The van der Waals surface area contributed by atoms with Crippen LogP contribution in [0.15, 0.2) is 153 Å².